The van der Waals surface area contributed by atoms with Gasteiger partial charge in [-0.25, -0.2) is 0 Å². The number of thioether (sulfide) groups is 1. The molecule has 0 fully saturated rings. The third kappa shape index (κ3) is 5.53. The number of carbonyl (C=O) groups is 2. The van der Waals surface area contributed by atoms with Crippen molar-refractivity contribution in [2.24, 2.45) is 7.05 Å². The zero-order valence-corrected chi connectivity index (χ0v) is 18.6. The molecule has 10 heteroatoms. The zero-order valence-electron chi connectivity index (χ0n) is 16.2. The molecular formula is C20H19Cl2N5O2S. The van der Waals surface area contributed by atoms with E-state index in [-0.39, 0.29) is 23.6 Å². The number of hydrogen-bond donors (Lipinski definition) is 2. The van der Waals surface area contributed by atoms with Gasteiger partial charge < -0.3 is 15.2 Å². The van der Waals surface area contributed by atoms with Crippen LogP contribution in [0, 0.1) is 0 Å². The van der Waals surface area contributed by atoms with Crippen LogP contribution < -0.4 is 10.6 Å². The highest BCUT2D eigenvalue weighted by Crippen LogP contribution is 2.26. The molecule has 2 amide bonds. The number of nitrogens with zero attached hydrogens (tertiary/aromatic N) is 3. The lowest BCUT2D eigenvalue weighted by Crippen LogP contribution is -2.28. The maximum Gasteiger partial charge on any atom is 0.251 e. The number of halogens is 2. The van der Waals surface area contributed by atoms with Crippen LogP contribution in [-0.4, -0.2) is 32.3 Å². The van der Waals surface area contributed by atoms with Crippen LogP contribution in [-0.2, 0) is 11.8 Å². The molecule has 30 heavy (non-hydrogen) atoms. The molecule has 1 atom stereocenters. The summed E-state index contributed by atoms with van der Waals surface area (Å²) in [6.45, 7) is 1.83. The normalized spacial score (nSPS) is 11.7. The van der Waals surface area contributed by atoms with Crippen molar-refractivity contribution in [3.8, 4) is 0 Å². The molecule has 0 spiro atoms. The van der Waals surface area contributed by atoms with Crippen molar-refractivity contribution in [2.45, 2.75) is 18.1 Å². The second-order valence-electron chi connectivity index (χ2n) is 6.42. The predicted octanol–water partition coefficient (Wildman–Crippen LogP) is 4.34. The number of carbonyl (C=O) groups excluding carboxylic acids is 2. The van der Waals surface area contributed by atoms with Crippen molar-refractivity contribution >= 4 is 52.5 Å². The topological polar surface area (TPSA) is 88.9 Å². The van der Waals surface area contributed by atoms with Gasteiger partial charge in [0.25, 0.3) is 5.91 Å². The molecule has 3 aromatic rings. The van der Waals surface area contributed by atoms with Gasteiger partial charge in [-0.2, -0.15) is 0 Å². The Labute approximate surface area is 188 Å². The molecule has 2 N–H and O–H groups in total. The maximum absolute atomic E-state index is 12.3. The largest absolute Gasteiger partial charge is 0.342 e. The first-order chi connectivity index (χ1) is 14.3. The van der Waals surface area contributed by atoms with Crippen LogP contribution in [0.5, 0.6) is 0 Å². The van der Waals surface area contributed by atoms with Crippen molar-refractivity contribution < 1.29 is 9.59 Å². The van der Waals surface area contributed by atoms with Crippen LogP contribution in [0.15, 0.2) is 53.7 Å². The summed E-state index contributed by atoms with van der Waals surface area (Å²) in [5, 5.41) is 15.3. The van der Waals surface area contributed by atoms with Gasteiger partial charge >= 0.3 is 0 Å². The Bertz CT molecular complexity index is 1060. The zero-order chi connectivity index (χ0) is 21.7. The van der Waals surface area contributed by atoms with Crippen LogP contribution >= 0.6 is 35.0 Å². The third-order valence-corrected chi connectivity index (χ3v) is 5.76. The minimum absolute atomic E-state index is 0.111. The summed E-state index contributed by atoms with van der Waals surface area (Å²) in [4.78, 5) is 24.6. The van der Waals surface area contributed by atoms with Crippen molar-refractivity contribution in [1.82, 2.24) is 20.1 Å². The first kappa shape index (κ1) is 22.1. The molecule has 1 aromatic heterocycles. The van der Waals surface area contributed by atoms with Crippen molar-refractivity contribution in [3.63, 3.8) is 0 Å². The summed E-state index contributed by atoms with van der Waals surface area (Å²) in [6.07, 6.45) is 0. The van der Waals surface area contributed by atoms with E-state index in [0.29, 0.717) is 32.3 Å². The van der Waals surface area contributed by atoms with Gasteiger partial charge in [0.1, 0.15) is 0 Å². The van der Waals surface area contributed by atoms with Crippen molar-refractivity contribution in [1.29, 1.82) is 0 Å². The summed E-state index contributed by atoms with van der Waals surface area (Å²) < 4.78 is 1.75. The Morgan fingerprint density at radius 2 is 1.87 bits per heavy atom. The van der Waals surface area contributed by atoms with Gasteiger partial charge in [-0.3, -0.25) is 9.59 Å². The fourth-order valence-corrected chi connectivity index (χ4v) is 3.73. The molecule has 0 radical (unpaired) electrons. The molecule has 0 saturated heterocycles. The van der Waals surface area contributed by atoms with E-state index in [9.17, 15) is 9.59 Å². The first-order valence-electron chi connectivity index (χ1n) is 8.98. The SMILES string of the molecule is C[C@H](NC(=O)c1ccccc1)c1nnc(SCC(=O)Nc2cc(Cl)ccc2Cl)n1C. The van der Waals surface area contributed by atoms with Crippen LogP contribution in [0.3, 0.4) is 0 Å². The van der Waals surface area contributed by atoms with Crippen LogP contribution in [0.25, 0.3) is 0 Å². The molecule has 0 unspecified atom stereocenters. The van der Waals surface area contributed by atoms with E-state index in [1.807, 2.05) is 13.0 Å². The Hall–Kier alpha value is -2.55. The van der Waals surface area contributed by atoms with Crippen LogP contribution in [0.1, 0.15) is 29.1 Å². The minimum atomic E-state index is -0.358. The lowest BCUT2D eigenvalue weighted by Gasteiger charge is -2.13. The standard InChI is InChI=1S/C20H19Cl2N5O2S/c1-12(23-19(29)13-6-4-3-5-7-13)18-25-26-20(27(18)2)30-11-17(28)24-16-10-14(21)8-9-15(16)22/h3-10,12H,11H2,1-2H3,(H,23,29)(H,24,28)/t12-/m0/s1. The number of amides is 2. The number of benzene rings is 2. The number of aromatic nitrogens is 3. The van der Waals surface area contributed by atoms with E-state index in [1.165, 1.54) is 11.8 Å². The smallest absolute Gasteiger partial charge is 0.251 e. The molecule has 2 aromatic carbocycles. The van der Waals surface area contributed by atoms with Gasteiger partial charge in [0.15, 0.2) is 11.0 Å². The molecule has 0 aliphatic heterocycles. The molecule has 7 nitrogen and oxygen atoms in total. The number of nitrogens with one attached hydrogen (secondary N) is 2. The Kier molecular flexibility index (Phi) is 7.36. The highest BCUT2D eigenvalue weighted by Gasteiger charge is 2.19. The predicted molar refractivity (Wildman–Crippen MR) is 119 cm³/mol. The van der Waals surface area contributed by atoms with E-state index in [2.05, 4.69) is 20.8 Å². The maximum atomic E-state index is 12.3. The third-order valence-electron chi connectivity index (χ3n) is 4.17. The second-order valence-corrected chi connectivity index (χ2v) is 8.21. The van der Waals surface area contributed by atoms with E-state index in [1.54, 1.807) is 54.1 Å². The summed E-state index contributed by atoms with van der Waals surface area (Å²) in [5.41, 5.74) is 1.02. The lowest BCUT2D eigenvalue weighted by molar-refractivity contribution is -0.113. The number of hydrogen-bond acceptors (Lipinski definition) is 5. The molecule has 156 valence electrons. The summed E-state index contributed by atoms with van der Waals surface area (Å²) in [5.74, 6) is 0.247. The van der Waals surface area contributed by atoms with Gasteiger partial charge in [-0.05, 0) is 37.3 Å². The van der Waals surface area contributed by atoms with Gasteiger partial charge in [0.2, 0.25) is 5.91 Å². The van der Waals surface area contributed by atoms with Gasteiger partial charge in [-0.15, -0.1) is 10.2 Å². The van der Waals surface area contributed by atoms with Crippen LogP contribution in [0.4, 0.5) is 5.69 Å². The van der Waals surface area contributed by atoms with Gasteiger partial charge in [0, 0.05) is 17.6 Å². The fraction of sp³-hybridized carbons (Fsp3) is 0.200. The molecule has 1 heterocycles. The quantitative estimate of drug-likeness (QED) is 0.508. The summed E-state index contributed by atoms with van der Waals surface area (Å²) >= 11 is 13.2. The molecular weight excluding hydrogens is 445 g/mol. The molecule has 0 bridgehead atoms. The Balaban J connectivity index is 1.59. The number of anilines is 1. The van der Waals surface area contributed by atoms with E-state index < -0.39 is 0 Å². The summed E-state index contributed by atoms with van der Waals surface area (Å²) in [6, 6.07) is 13.4. The van der Waals surface area contributed by atoms with Gasteiger partial charge in [0.05, 0.1) is 22.5 Å². The molecule has 3 rings (SSSR count). The van der Waals surface area contributed by atoms with Crippen molar-refractivity contribution in [3.05, 3.63) is 70.0 Å². The average Bonchev–Trinajstić information content (AvgIpc) is 3.10. The average molecular weight is 464 g/mol. The molecule has 0 aliphatic rings. The monoisotopic (exact) mass is 463 g/mol. The van der Waals surface area contributed by atoms with Crippen molar-refractivity contribution in [2.75, 3.05) is 11.1 Å². The highest BCUT2D eigenvalue weighted by molar-refractivity contribution is 7.99. The van der Waals surface area contributed by atoms with Crippen LogP contribution in [0.2, 0.25) is 10.0 Å². The Morgan fingerprint density at radius 3 is 2.60 bits per heavy atom. The fourth-order valence-electron chi connectivity index (χ4n) is 2.67. The van der Waals surface area contributed by atoms with E-state index in [0.717, 1.165) is 0 Å². The second kappa shape index (κ2) is 9.97. The minimum Gasteiger partial charge on any atom is -0.342 e. The Morgan fingerprint density at radius 1 is 1.13 bits per heavy atom. The van der Waals surface area contributed by atoms with E-state index in [4.69, 9.17) is 23.2 Å². The molecule has 0 aliphatic carbocycles. The highest BCUT2D eigenvalue weighted by atomic mass is 35.5. The first-order valence-corrected chi connectivity index (χ1v) is 10.7. The number of rotatable bonds is 7. The lowest BCUT2D eigenvalue weighted by atomic mass is 10.2. The summed E-state index contributed by atoms with van der Waals surface area (Å²) in [7, 11) is 1.79. The van der Waals surface area contributed by atoms with Gasteiger partial charge in [-0.1, -0.05) is 53.2 Å². The van der Waals surface area contributed by atoms with E-state index >= 15 is 0 Å². The molecule has 0 saturated carbocycles.